The lowest BCUT2D eigenvalue weighted by Crippen LogP contribution is -2.02. The molecule has 0 fully saturated rings. The van der Waals surface area contributed by atoms with Crippen molar-refractivity contribution in [2.75, 3.05) is 0 Å². The maximum atomic E-state index is 10.9. The van der Waals surface area contributed by atoms with E-state index in [4.69, 9.17) is 16.7 Å². The number of aromatic nitrogens is 3. The van der Waals surface area contributed by atoms with Gasteiger partial charge in [-0.3, -0.25) is 0 Å². The van der Waals surface area contributed by atoms with E-state index in [0.717, 1.165) is 22.8 Å². The summed E-state index contributed by atoms with van der Waals surface area (Å²) in [4.78, 5) is 15.3. The van der Waals surface area contributed by atoms with Crippen molar-refractivity contribution in [1.29, 1.82) is 0 Å². The summed E-state index contributed by atoms with van der Waals surface area (Å²) in [5, 5.41) is 13.4. The molecule has 82 valence electrons. The highest BCUT2D eigenvalue weighted by molar-refractivity contribution is 7.98. The molecule has 0 saturated carbocycles. The fourth-order valence-electron chi connectivity index (χ4n) is 1.70. The summed E-state index contributed by atoms with van der Waals surface area (Å²) in [6.45, 7) is 0. The lowest BCUT2D eigenvalue weighted by Gasteiger charge is -2.03. The van der Waals surface area contributed by atoms with Crippen LogP contribution in [0, 0.1) is 0 Å². The number of fused-ring (bicyclic) bond motifs is 2. The van der Waals surface area contributed by atoms with Gasteiger partial charge in [0.15, 0.2) is 5.65 Å². The highest BCUT2D eigenvalue weighted by Crippen LogP contribution is 2.34. The third-order valence-corrected chi connectivity index (χ3v) is 3.84. The van der Waals surface area contributed by atoms with E-state index >= 15 is 0 Å². The Morgan fingerprint density at radius 3 is 3.12 bits per heavy atom. The van der Waals surface area contributed by atoms with Gasteiger partial charge in [-0.1, -0.05) is 11.6 Å². The summed E-state index contributed by atoms with van der Waals surface area (Å²) >= 11 is 7.87. The SMILES string of the molecule is O=C(O)c1cnn2c(Cl)c3c(nc12)CSC3. The van der Waals surface area contributed by atoms with Crippen LogP contribution in [0.1, 0.15) is 21.6 Å². The van der Waals surface area contributed by atoms with Crippen LogP contribution in [0.5, 0.6) is 0 Å². The van der Waals surface area contributed by atoms with Crippen molar-refractivity contribution in [2.45, 2.75) is 11.5 Å². The maximum absolute atomic E-state index is 10.9. The lowest BCUT2D eigenvalue weighted by atomic mass is 10.2. The topological polar surface area (TPSA) is 67.5 Å². The van der Waals surface area contributed by atoms with Crippen LogP contribution in [-0.2, 0) is 11.5 Å². The second kappa shape index (κ2) is 3.36. The molecule has 2 aromatic rings. The molecule has 0 aromatic carbocycles. The molecule has 0 radical (unpaired) electrons. The summed E-state index contributed by atoms with van der Waals surface area (Å²) in [7, 11) is 0. The monoisotopic (exact) mass is 255 g/mol. The first-order valence-electron chi connectivity index (χ1n) is 4.54. The minimum absolute atomic E-state index is 0.0848. The van der Waals surface area contributed by atoms with Gasteiger partial charge in [-0.05, 0) is 0 Å². The van der Waals surface area contributed by atoms with E-state index in [9.17, 15) is 4.79 Å². The molecule has 3 rings (SSSR count). The number of rotatable bonds is 1. The van der Waals surface area contributed by atoms with Crippen LogP contribution in [0.15, 0.2) is 6.20 Å². The molecule has 0 bridgehead atoms. The second-order valence-corrected chi connectivity index (χ2v) is 4.76. The average molecular weight is 256 g/mol. The number of carboxylic acids is 1. The molecule has 0 spiro atoms. The van der Waals surface area contributed by atoms with Crippen LogP contribution in [-0.4, -0.2) is 25.7 Å². The first kappa shape index (κ1) is 9.92. The molecule has 0 atom stereocenters. The number of aromatic carboxylic acids is 1. The Morgan fingerprint density at radius 2 is 2.38 bits per heavy atom. The highest BCUT2D eigenvalue weighted by Gasteiger charge is 2.22. The number of carboxylic acid groups (broad SMARTS) is 1. The minimum Gasteiger partial charge on any atom is -0.477 e. The molecule has 1 N–H and O–H groups in total. The summed E-state index contributed by atoms with van der Waals surface area (Å²) in [5.41, 5.74) is 2.23. The molecular weight excluding hydrogens is 250 g/mol. The Labute approximate surface area is 99.4 Å². The van der Waals surface area contributed by atoms with Crippen molar-refractivity contribution in [2.24, 2.45) is 0 Å². The van der Waals surface area contributed by atoms with Gasteiger partial charge in [-0.15, -0.1) is 0 Å². The molecular formula is C9H6ClN3O2S. The van der Waals surface area contributed by atoms with Gasteiger partial charge in [0.2, 0.25) is 0 Å². The molecule has 2 aromatic heterocycles. The quantitative estimate of drug-likeness (QED) is 0.788. The highest BCUT2D eigenvalue weighted by atomic mass is 35.5. The van der Waals surface area contributed by atoms with E-state index in [2.05, 4.69) is 10.1 Å². The predicted octanol–water partition coefficient (Wildman–Crippen LogP) is 1.83. The first-order valence-corrected chi connectivity index (χ1v) is 6.08. The molecule has 0 amide bonds. The summed E-state index contributed by atoms with van der Waals surface area (Å²) in [6, 6.07) is 0. The van der Waals surface area contributed by atoms with Crippen molar-refractivity contribution in [1.82, 2.24) is 14.6 Å². The van der Waals surface area contributed by atoms with Gasteiger partial charge >= 0.3 is 5.97 Å². The second-order valence-electron chi connectivity index (χ2n) is 3.42. The number of carbonyl (C=O) groups is 1. The molecule has 0 unspecified atom stereocenters. The number of hydrogen-bond donors (Lipinski definition) is 1. The smallest absolute Gasteiger partial charge is 0.341 e. The number of halogens is 1. The zero-order chi connectivity index (χ0) is 11.3. The number of thioether (sulfide) groups is 1. The Bertz CT molecular complexity index is 610. The minimum atomic E-state index is -1.04. The molecule has 0 aliphatic carbocycles. The number of hydrogen-bond acceptors (Lipinski definition) is 4. The van der Waals surface area contributed by atoms with E-state index in [1.807, 2.05) is 0 Å². The van der Waals surface area contributed by atoms with Crippen molar-refractivity contribution >= 4 is 35.0 Å². The van der Waals surface area contributed by atoms with Crippen molar-refractivity contribution in [3.05, 3.63) is 28.2 Å². The normalized spacial score (nSPS) is 14.3. The largest absolute Gasteiger partial charge is 0.477 e. The van der Waals surface area contributed by atoms with Gasteiger partial charge in [0, 0.05) is 17.1 Å². The zero-order valence-electron chi connectivity index (χ0n) is 7.97. The summed E-state index contributed by atoms with van der Waals surface area (Å²) in [6.07, 6.45) is 1.28. The Hall–Kier alpha value is -1.27. The number of nitrogens with zero attached hydrogens (tertiary/aromatic N) is 3. The van der Waals surface area contributed by atoms with Gasteiger partial charge in [0.05, 0.1) is 11.9 Å². The standard InChI is InChI=1S/C9H6ClN3O2S/c10-7-5-2-16-3-6(5)12-8-4(9(14)15)1-11-13(7)8/h1H,2-3H2,(H,14,15). The van der Waals surface area contributed by atoms with Crippen molar-refractivity contribution in [3.8, 4) is 0 Å². The van der Waals surface area contributed by atoms with E-state index in [-0.39, 0.29) is 5.56 Å². The van der Waals surface area contributed by atoms with Crippen molar-refractivity contribution in [3.63, 3.8) is 0 Å². The summed E-state index contributed by atoms with van der Waals surface area (Å²) in [5.74, 6) is 0.541. The molecule has 3 heterocycles. The Morgan fingerprint density at radius 1 is 1.56 bits per heavy atom. The third-order valence-electron chi connectivity index (χ3n) is 2.48. The van der Waals surface area contributed by atoms with E-state index in [1.165, 1.54) is 10.7 Å². The van der Waals surface area contributed by atoms with Gasteiger partial charge in [-0.25, -0.2) is 14.3 Å². The van der Waals surface area contributed by atoms with Gasteiger partial charge in [0.25, 0.3) is 0 Å². The van der Waals surface area contributed by atoms with Crippen LogP contribution in [0.25, 0.3) is 5.65 Å². The lowest BCUT2D eigenvalue weighted by molar-refractivity contribution is 0.0699. The van der Waals surface area contributed by atoms with Crippen LogP contribution in [0.4, 0.5) is 0 Å². The summed E-state index contributed by atoms with van der Waals surface area (Å²) < 4.78 is 1.38. The Balaban J connectivity index is 2.39. The van der Waals surface area contributed by atoms with Crippen LogP contribution < -0.4 is 0 Å². The first-order chi connectivity index (χ1) is 7.68. The van der Waals surface area contributed by atoms with E-state index in [1.54, 1.807) is 11.8 Å². The molecule has 1 aliphatic rings. The maximum Gasteiger partial charge on any atom is 0.341 e. The van der Waals surface area contributed by atoms with Gasteiger partial charge in [0.1, 0.15) is 10.7 Å². The predicted molar refractivity (Wildman–Crippen MR) is 60.0 cm³/mol. The zero-order valence-corrected chi connectivity index (χ0v) is 9.55. The van der Waals surface area contributed by atoms with Crippen LogP contribution in [0.2, 0.25) is 5.15 Å². The fraction of sp³-hybridized carbons (Fsp3) is 0.222. The van der Waals surface area contributed by atoms with Gasteiger partial charge < -0.3 is 5.11 Å². The molecule has 7 heteroatoms. The molecule has 0 saturated heterocycles. The van der Waals surface area contributed by atoms with Crippen LogP contribution in [0.3, 0.4) is 0 Å². The molecule has 5 nitrogen and oxygen atoms in total. The third kappa shape index (κ3) is 1.23. The average Bonchev–Trinajstić information content (AvgIpc) is 2.83. The van der Waals surface area contributed by atoms with Gasteiger partial charge in [-0.2, -0.15) is 16.9 Å². The fourth-order valence-corrected chi connectivity index (χ4v) is 3.12. The van der Waals surface area contributed by atoms with E-state index in [0.29, 0.717) is 10.8 Å². The molecule has 16 heavy (non-hydrogen) atoms. The van der Waals surface area contributed by atoms with Crippen LogP contribution >= 0.6 is 23.4 Å². The van der Waals surface area contributed by atoms with E-state index < -0.39 is 5.97 Å². The molecule has 1 aliphatic heterocycles. The Kier molecular flexibility index (Phi) is 2.08. The van der Waals surface area contributed by atoms with Crippen molar-refractivity contribution < 1.29 is 9.90 Å².